The Morgan fingerprint density at radius 1 is 1.29 bits per heavy atom. The fourth-order valence-corrected chi connectivity index (χ4v) is 2.12. The van der Waals surface area contributed by atoms with Crippen molar-refractivity contribution in [2.24, 2.45) is 5.92 Å². The molecule has 0 radical (unpaired) electrons. The Labute approximate surface area is 97.8 Å². The Balaban J connectivity index is 0.00000169. The molecular weight excluding hydrogens is 197 g/mol. The average Bonchev–Trinajstić information content (AvgIpc) is 2.48. The van der Waals surface area contributed by atoms with Crippen LogP contribution in [0.1, 0.15) is 25.7 Å². The molecule has 14 heavy (non-hydrogen) atoms. The third kappa shape index (κ3) is 6.85. The Morgan fingerprint density at radius 3 is 2.36 bits per heavy atom. The first kappa shape index (κ1) is 14.5. The molecule has 0 atom stereocenters. The summed E-state index contributed by atoms with van der Waals surface area (Å²) < 4.78 is 29.1. The standard InChI is InChI=1S/C8H17NO3S.Li.H/c10-13(11,12)6-5-9-7-8-3-1-2-4-8;;/h8-9H,1-7H2,(H,10,11,12);;. The van der Waals surface area contributed by atoms with Crippen molar-refractivity contribution in [1.82, 2.24) is 5.32 Å². The molecule has 0 amide bonds. The predicted octanol–water partition coefficient (Wildman–Crippen LogP) is 0.00550. The van der Waals surface area contributed by atoms with E-state index in [-0.39, 0.29) is 24.6 Å². The zero-order valence-corrected chi connectivity index (χ0v) is 8.52. The summed E-state index contributed by atoms with van der Waals surface area (Å²) in [6.07, 6.45) is 5.09. The van der Waals surface area contributed by atoms with Crippen LogP contribution in [0.25, 0.3) is 0 Å². The molecule has 4 nitrogen and oxygen atoms in total. The molecule has 1 aliphatic rings. The summed E-state index contributed by atoms with van der Waals surface area (Å²) in [5, 5.41) is 3.04. The topological polar surface area (TPSA) is 66.4 Å². The van der Waals surface area contributed by atoms with E-state index in [1.54, 1.807) is 0 Å². The van der Waals surface area contributed by atoms with E-state index in [1.807, 2.05) is 0 Å². The normalized spacial score (nSPS) is 18.1. The quantitative estimate of drug-likeness (QED) is 0.385. The van der Waals surface area contributed by atoms with Gasteiger partial charge in [-0.1, -0.05) is 12.8 Å². The summed E-state index contributed by atoms with van der Waals surface area (Å²) in [7, 11) is -3.78. The van der Waals surface area contributed by atoms with Crippen molar-refractivity contribution in [1.29, 1.82) is 0 Å². The molecule has 80 valence electrons. The first-order valence-corrected chi connectivity index (χ1v) is 6.35. The fourth-order valence-electron chi connectivity index (χ4n) is 1.72. The van der Waals surface area contributed by atoms with Gasteiger partial charge in [-0.3, -0.25) is 4.55 Å². The van der Waals surface area contributed by atoms with E-state index in [0.717, 1.165) is 6.54 Å². The summed E-state index contributed by atoms with van der Waals surface area (Å²) in [6.45, 7) is 1.24. The molecule has 1 rings (SSSR count). The summed E-state index contributed by atoms with van der Waals surface area (Å²) in [4.78, 5) is 0. The van der Waals surface area contributed by atoms with Crippen molar-refractivity contribution in [3.05, 3.63) is 0 Å². The number of nitrogens with one attached hydrogen (secondary N) is 1. The molecule has 0 aromatic rings. The molecule has 1 saturated carbocycles. The maximum absolute atomic E-state index is 10.3. The third-order valence-electron chi connectivity index (χ3n) is 2.44. The van der Waals surface area contributed by atoms with Gasteiger partial charge in [0.05, 0.1) is 5.75 Å². The zero-order valence-electron chi connectivity index (χ0n) is 7.70. The molecule has 0 bridgehead atoms. The van der Waals surface area contributed by atoms with E-state index >= 15 is 0 Å². The van der Waals surface area contributed by atoms with Crippen molar-refractivity contribution in [2.45, 2.75) is 25.7 Å². The van der Waals surface area contributed by atoms with Crippen LogP contribution in [-0.2, 0) is 10.1 Å². The van der Waals surface area contributed by atoms with Crippen molar-refractivity contribution in [3.8, 4) is 0 Å². The van der Waals surface area contributed by atoms with Gasteiger partial charge < -0.3 is 5.32 Å². The number of hydrogen-bond donors (Lipinski definition) is 2. The van der Waals surface area contributed by atoms with Crippen LogP contribution < -0.4 is 5.32 Å². The fraction of sp³-hybridized carbons (Fsp3) is 1.00. The van der Waals surface area contributed by atoms with Crippen LogP contribution in [0.3, 0.4) is 0 Å². The second-order valence-corrected chi connectivity index (χ2v) is 5.21. The first-order chi connectivity index (χ1) is 6.08. The van der Waals surface area contributed by atoms with Gasteiger partial charge in [0.1, 0.15) is 0 Å². The van der Waals surface area contributed by atoms with Crippen molar-refractivity contribution < 1.29 is 13.0 Å². The second kappa shape index (κ2) is 6.86. The van der Waals surface area contributed by atoms with Crippen molar-refractivity contribution >= 4 is 29.0 Å². The van der Waals surface area contributed by atoms with Crippen molar-refractivity contribution in [3.63, 3.8) is 0 Å². The molecule has 0 spiro atoms. The van der Waals surface area contributed by atoms with Gasteiger partial charge in [-0.05, 0) is 25.3 Å². The van der Waals surface area contributed by atoms with Gasteiger partial charge >= 0.3 is 18.9 Å². The maximum atomic E-state index is 10.3. The van der Waals surface area contributed by atoms with Gasteiger partial charge in [0.25, 0.3) is 10.1 Å². The molecular formula is C8H18LiNO3S. The van der Waals surface area contributed by atoms with Gasteiger partial charge in [0.15, 0.2) is 0 Å². The van der Waals surface area contributed by atoms with Gasteiger partial charge in [0, 0.05) is 6.54 Å². The van der Waals surface area contributed by atoms with Crippen LogP contribution >= 0.6 is 0 Å². The molecule has 0 heterocycles. The molecule has 0 aromatic carbocycles. The van der Waals surface area contributed by atoms with Crippen LogP contribution in [0.2, 0.25) is 0 Å². The van der Waals surface area contributed by atoms with Gasteiger partial charge in [-0.2, -0.15) is 8.42 Å². The summed E-state index contributed by atoms with van der Waals surface area (Å²) in [5.74, 6) is 0.529. The molecule has 1 fully saturated rings. The molecule has 2 N–H and O–H groups in total. The van der Waals surface area contributed by atoms with Crippen LogP contribution in [0, 0.1) is 5.92 Å². The third-order valence-corrected chi connectivity index (χ3v) is 3.16. The van der Waals surface area contributed by atoms with E-state index in [9.17, 15) is 8.42 Å². The molecule has 0 aromatic heterocycles. The van der Waals surface area contributed by atoms with Crippen LogP contribution in [0.4, 0.5) is 0 Å². The van der Waals surface area contributed by atoms with Gasteiger partial charge in [0.2, 0.25) is 0 Å². The van der Waals surface area contributed by atoms with Gasteiger partial charge in [-0.25, -0.2) is 0 Å². The Hall–Kier alpha value is 0.467. The first-order valence-electron chi connectivity index (χ1n) is 4.74. The van der Waals surface area contributed by atoms with E-state index in [2.05, 4.69) is 5.32 Å². The summed E-state index contributed by atoms with van der Waals surface area (Å²) in [5.41, 5.74) is 0. The average molecular weight is 215 g/mol. The van der Waals surface area contributed by atoms with E-state index in [1.165, 1.54) is 25.7 Å². The molecule has 6 heteroatoms. The SMILES string of the molecule is O=S(=O)(O)CCNCC1CCCC1.[LiH]. The monoisotopic (exact) mass is 215 g/mol. The van der Waals surface area contributed by atoms with Gasteiger partial charge in [-0.15, -0.1) is 0 Å². The van der Waals surface area contributed by atoms with E-state index < -0.39 is 10.1 Å². The Morgan fingerprint density at radius 2 is 1.86 bits per heavy atom. The number of rotatable bonds is 5. The summed E-state index contributed by atoms with van der Waals surface area (Å²) >= 11 is 0. The Kier molecular flexibility index (Phi) is 7.09. The molecule has 0 saturated heterocycles. The molecule has 1 aliphatic carbocycles. The Bertz CT molecular complexity index is 237. The molecule has 0 aliphatic heterocycles. The number of hydrogen-bond acceptors (Lipinski definition) is 3. The predicted molar refractivity (Wildman–Crippen MR) is 58.4 cm³/mol. The van der Waals surface area contributed by atoms with E-state index in [4.69, 9.17) is 4.55 Å². The minimum atomic E-state index is -3.78. The van der Waals surface area contributed by atoms with Crippen LogP contribution in [0.5, 0.6) is 0 Å². The summed E-state index contributed by atoms with van der Waals surface area (Å²) in [6, 6.07) is 0. The second-order valence-electron chi connectivity index (χ2n) is 3.64. The van der Waals surface area contributed by atoms with Crippen LogP contribution in [-0.4, -0.2) is 50.7 Å². The zero-order chi connectivity index (χ0) is 9.73. The minimum absolute atomic E-state index is 0. The molecule has 0 unspecified atom stereocenters. The van der Waals surface area contributed by atoms with E-state index in [0.29, 0.717) is 12.5 Å². The van der Waals surface area contributed by atoms with Crippen molar-refractivity contribution in [2.75, 3.05) is 18.8 Å². The van der Waals surface area contributed by atoms with Crippen LogP contribution in [0.15, 0.2) is 0 Å².